The minimum absolute atomic E-state index is 0.00127. The van der Waals surface area contributed by atoms with Gasteiger partial charge in [0.1, 0.15) is 5.69 Å². The molecule has 4 nitrogen and oxygen atoms in total. The van der Waals surface area contributed by atoms with Crippen molar-refractivity contribution in [3.05, 3.63) is 27.7 Å². The minimum atomic E-state index is -4.48. The van der Waals surface area contributed by atoms with Gasteiger partial charge in [-0.15, -0.1) is 0 Å². The topological polar surface area (TPSA) is 67.0 Å². The first-order valence-electron chi connectivity index (χ1n) is 3.70. The zero-order chi connectivity index (χ0) is 11.8. The summed E-state index contributed by atoms with van der Waals surface area (Å²) in [6.45, 7) is 1.29. The van der Waals surface area contributed by atoms with Gasteiger partial charge in [-0.25, -0.2) is 17.2 Å². The van der Waals surface area contributed by atoms with E-state index in [2.05, 4.69) is 0 Å². The first-order valence-corrected chi connectivity index (χ1v) is 6.01. The van der Waals surface area contributed by atoms with Crippen molar-refractivity contribution in [3.63, 3.8) is 0 Å². The van der Waals surface area contributed by atoms with Gasteiger partial charge in [0.25, 0.3) is 15.5 Å². The molecule has 1 aromatic rings. The lowest BCUT2D eigenvalue weighted by molar-refractivity contribution is 0.142. The molecule has 0 aromatic carbocycles. The van der Waals surface area contributed by atoms with Crippen LogP contribution in [0.2, 0.25) is 0 Å². The van der Waals surface area contributed by atoms with Crippen molar-refractivity contribution in [3.8, 4) is 0 Å². The third kappa shape index (κ3) is 2.35. The van der Waals surface area contributed by atoms with E-state index in [0.29, 0.717) is 0 Å². The number of nitrogens with one attached hydrogen (secondary N) is 1. The molecule has 0 amide bonds. The van der Waals surface area contributed by atoms with E-state index in [0.717, 1.165) is 6.20 Å². The van der Waals surface area contributed by atoms with Crippen molar-refractivity contribution >= 4 is 19.7 Å². The van der Waals surface area contributed by atoms with Crippen LogP contribution in [0.25, 0.3) is 0 Å². The third-order valence-electron chi connectivity index (χ3n) is 1.72. The Balaban J connectivity index is 3.73. The molecule has 1 aromatic heterocycles. The summed E-state index contributed by atoms with van der Waals surface area (Å²) in [5.41, 5.74) is -2.00. The Bertz CT molecular complexity index is 538. The van der Waals surface area contributed by atoms with Crippen LogP contribution in [0.15, 0.2) is 15.9 Å². The van der Waals surface area contributed by atoms with Crippen molar-refractivity contribution in [2.45, 2.75) is 18.2 Å². The van der Waals surface area contributed by atoms with Crippen molar-refractivity contribution in [1.82, 2.24) is 4.98 Å². The van der Waals surface area contributed by atoms with Gasteiger partial charge >= 0.3 is 0 Å². The van der Waals surface area contributed by atoms with Gasteiger partial charge in [0.05, 0.1) is 0 Å². The number of aromatic amines is 1. The summed E-state index contributed by atoms with van der Waals surface area (Å²) in [6, 6.07) is 0. The van der Waals surface area contributed by atoms with Gasteiger partial charge in [-0.1, -0.05) is 0 Å². The average molecular weight is 258 g/mol. The van der Waals surface area contributed by atoms with Crippen LogP contribution in [0.3, 0.4) is 0 Å². The monoisotopic (exact) mass is 257 g/mol. The number of aryl methyl sites for hydroxylation is 1. The van der Waals surface area contributed by atoms with Gasteiger partial charge in [0, 0.05) is 22.4 Å². The Morgan fingerprint density at radius 2 is 2.00 bits per heavy atom. The maximum absolute atomic E-state index is 12.4. The third-order valence-corrected chi connectivity index (χ3v) is 3.07. The van der Waals surface area contributed by atoms with Crippen LogP contribution in [0.4, 0.5) is 8.78 Å². The summed E-state index contributed by atoms with van der Waals surface area (Å²) in [5.74, 6) is 0. The Labute approximate surface area is 88.3 Å². The normalized spacial score (nSPS) is 12.1. The highest BCUT2D eigenvalue weighted by molar-refractivity contribution is 8.13. The van der Waals surface area contributed by atoms with E-state index < -0.39 is 31.5 Å². The fourth-order valence-corrected chi connectivity index (χ4v) is 2.28. The molecule has 0 fully saturated rings. The molecule has 0 radical (unpaired) electrons. The van der Waals surface area contributed by atoms with Crippen molar-refractivity contribution in [2.75, 3.05) is 0 Å². The van der Waals surface area contributed by atoms with E-state index in [1.807, 2.05) is 4.98 Å². The number of rotatable bonds is 2. The molecule has 1 heterocycles. The molecule has 0 bridgehead atoms. The summed E-state index contributed by atoms with van der Waals surface area (Å²) in [4.78, 5) is 12.3. The first kappa shape index (κ1) is 12.1. The predicted molar refractivity (Wildman–Crippen MR) is 49.8 cm³/mol. The lowest BCUT2D eigenvalue weighted by atomic mass is 10.2. The molecule has 0 aliphatic rings. The number of alkyl halides is 2. The Kier molecular flexibility index (Phi) is 3.15. The quantitative estimate of drug-likeness (QED) is 0.818. The summed E-state index contributed by atoms with van der Waals surface area (Å²) in [6.07, 6.45) is -2.10. The Morgan fingerprint density at radius 1 is 1.47 bits per heavy atom. The van der Waals surface area contributed by atoms with Crippen LogP contribution in [-0.2, 0) is 9.05 Å². The van der Waals surface area contributed by atoms with Crippen LogP contribution in [-0.4, -0.2) is 13.4 Å². The zero-order valence-corrected chi connectivity index (χ0v) is 8.99. The largest absolute Gasteiger partial charge is 0.359 e. The molecule has 0 saturated carbocycles. The molecule has 15 heavy (non-hydrogen) atoms. The molecule has 0 atom stereocenters. The fourth-order valence-electron chi connectivity index (χ4n) is 1.02. The number of hydrogen-bond acceptors (Lipinski definition) is 3. The molecular weight excluding hydrogens is 252 g/mol. The van der Waals surface area contributed by atoms with E-state index in [9.17, 15) is 22.0 Å². The van der Waals surface area contributed by atoms with Crippen molar-refractivity contribution in [1.29, 1.82) is 0 Å². The zero-order valence-electron chi connectivity index (χ0n) is 7.42. The van der Waals surface area contributed by atoms with Crippen LogP contribution >= 0.6 is 10.7 Å². The number of H-pyrrole nitrogens is 1. The number of hydrogen-bond donors (Lipinski definition) is 1. The van der Waals surface area contributed by atoms with E-state index in [1.54, 1.807) is 0 Å². The molecule has 0 spiro atoms. The van der Waals surface area contributed by atoms with Crippen LogP contribution in [0.1, 0.15) is 17.7 Å². The second kappa shape index (κ2) is 3.90. The Morgan fingerprint density at radius 3 is 2.40 bits per heavy atom. The molecule has 0 aliphatic heterocycles. The molecule has 84 valence electrons. The molecule has 8 heteroatoms. The summed E-state index contributed by atoms with van der Waals surface area (Å²) in [5, 5.41) is 0. The lowest BCUT2D eigenvalue weighted by Gasteiger charge is -2.05. The lowest BCUT2D eigenvalue weighted by Crippen LogP contribution is -2.18. The fraction of sp³-hybridized carbons (Fsp3) is 0.286. The molecule has 0 saturated heterocycles. The SMILES string of the molecule is Cc1c[nH]c(C(F)F)c(S(=O)(=O)Cl)c1=O. The molecule has 0 unspecified atom stereocenters. The smallest absolute Gasteiger partial charge is 0.279 e. The van der Waals surface area contributed by atoms with Crippen LogP contribution < -0.4 is 5.43 Å². The second-order valence-electron chi connectivity index (χ2n) is 2.78. The molecule has 0 aliphatic carbocycles. The van der Waals surface area contributed by atoms with E-state index in [-0.39, 0.29) is 5.56 Å². The van der Waals surface area contributed by atoms with Gasteiger partial charge < -0.3 is 4.98 Å². The van der Waals surface area contributed by atoms with Crippen LogP contribution in [0.5, 0.6) is 0 Å². The van der Waals surface area contributed by atoms with E-state index in [4.69, 9.17) is 10.7 Å². The van der Waals surface area contributed by atoms with Gasteiger partial charge in [-0.05, 0) is 6.92 Å². The van der Waals surface area contributed by atoms with E-state index in [1.165, 1.54) is 6.92 Å². The predicted octanol–water partition coefficient (Wildman–Crippen LogP) is 1.55. The minimum Gasteiger partial charge on any atom is -0.359 e. The molecule has 1 rings (SSSR count). The maximum atomic E-state index is 12.4. The number of halogens is 3. The highest BCUT2D eigenvalue weighted by Gasteiger charge is 2.26. The highest BCUT2D eigenvalue weighted by atomic mass is 35.7. The summed E-state index contributed by atoms with van der Waals surface area (Å²) >= 11 is 0. The summed E-state index contributed by atoms with van der Waals surface area (Å²) in [7, 11) is 0.421. The molecule has 1 N–H and O–H groups in total. The maximum Gasteiger partial charge on any atom is 0.279 e. The number of aromatic nitrogens is 1. The standard InChI is InChI=1S/C7H6ClF2NO3S/c1-3-2-11-4(7(9)10)6(5(3)12)15(8,13)14/h2,7H,1H3,(H,11,12). The molecular formula is C7H6ClF2NO3S. The van der Waals surface area contributed by atoms with Gasteiger partial charge in [0.2, 0.25) is 5.43 Å². The average Bonchev–Trinajstić information content (AvgIpc) is 2.06. The van der Waals surface area contributed by atoms with Crippen molar-refractivity contribution in [2.24, 2.45) is 0 Å². The summed E-state index contributed by atoms with van der Waals surface area (Å²) < 4.78 is 46.6. The van der Waals surface area contributed by atoms with E-state index >= 15 is 0 Å². The van der Waals surface area contributed by atoms with Crippen molar-refractivity contribution < 1.29 is 17.2 Å². The number of pyridine rings is 1. The van der Waals surface area contributed by atoms with Gasteiger partial charge in [-0.2, -0.15) is 0 Å². The Hall–Kier alpha value is -0.950. The van der Waals surface area contributed by atoms with Gasteiger partial charge in [-0.3, -0.25) is 4.79 Å². The second-order valence-corrected chi connectivity index (χ2v) is 5.28. The first-order chi connectivity index (χ1) is 6.75. The van der Waals surface area contributed by atoms with Crippen LogP contribution in [0, 0.1) is 6.92 Å². The highest BCUT2D eigenvalue weighted by Crippen LogP contribution is 2.24. The van der Waals surface area contributed by atoms with Gasteiger partial charge in [0.15, 0.2) is 4.90 Å².